The molecule has 50 heavy (non-hydrogen) atoms. The van der Waals surface area contributed by atoms with Crippen LogP contribution < -0.4 is 11.1 Å². The van der Waals surface area contributed by atoms with Crippen LogP contribution in [-0.2, 0) is 16.9 Å². The Balaban J connectivity index is 0.000000885. The molecular formula is C42H60F4N2O2. The fourth-order valence-corrected chi connectivity index (χ4v) is 5.03. The van der Waals surface area contributed by atoms with E-state index < -0.39 is 17.4 Å². The minimum absolute atomic E-state index is 0.166. The number of nitrogens with two attached hydrogens (primary N) is 1. The van der Waals surface area contributed by atoms with E-state index in [0.29, 0.717) is 30.5 Å². The zero-order valence-corrected chi connectivity index (χ0v) is 31.3. The van der Waals surface area contributed by atoms with Gasteiger partial charge in [-0.15, -0.1) is 0 Å². The van der Waals surface area contributed by atoms with Crippen LogP contribution in [0.2, 0.25) is 0 Å². The number of hydrogen-bond acceptors (Lipinski definition) is 4. The van der Waals surface area contributed by atoms with Gasteiger partial charge in [0.15, 0.2) is 6.29 Å². The Labute approximate surface area is 299 Å². The zero-order chi connectivity index (χ0) is 38.3. The van der Waals surface area contributed by atoms with Gasteiger partial charge in [0.05, 0.1) is 11.3 Å². The average Bonchev–Trinajstić information content (AvgIpc) is 3.96. The van der Waals surface area contributed by atoms with Gasteiger partial charge in [-0.2, -0.15) is 13.2 Å². The molecule has 1 aliphatic rings. The lowest BCUT2D eigenvalue weighted by atomic mass is 9.75. The molecule has 4 N–H and O–H groups in total. The summed E-state index contributed by atoms with van der Waals surface area (Å²) in [6.45, 7) is 19.6. The molecule has 3 rings (SSSR count). The number of allylic oxidation sites excluding steroid dienone is 8. The largest absolute Gasteiger partial charge is 0.416 e. The maximum Gasteiger partial charge on any atom is 0.416 e. The quantitative estimate of drug-likeness (QED) is 0.0748. The minimum atomic E-state index is -4.49. The molecule has 4 nitrogen and oxygen atoms in total. The van der Waals surface area contributed by atoms with E-state index in [1.54, 1.807) is 56.3 Å². The molecule has 1 saturated carbocycles. The highest BCUT2D eigenvalue weighted by Gasteiger charge is 2.37. The molecule has 8 heteroatoms. The van der Waals surface area contributed by atoms with Gasteiger partial charge >= 0.3 is 6.18 Å². The first kappa shape index (κ1) is 46.2. The first-order valence-corrected chi connectivity index (χ1v) is 17.8. The molecule has 0 spiro atoms. The van der Waals surface area contributed by atoms with Gasteiger partial charge in [-0.05, 0) is 97.0 Å². The van der Waals surface area contributed by atoms with E-state index in [1.807, 2.05) is 45.9 Å². The van der Waals surface area contributed by atoms with Crippen molar-refractivity contribution in [2.24, 2.45) is 17.6 Å². The summed E-state index contributed by atoms with van der Waals surface area (Å²) in [7, 11) is 0. The number of halogens is 4. The van der Waals surface area contributed by atoms with Crippen molar-refractivity contribution in [1.82, 2.24) is 0 Å². The molecule has 0 amide bonds. The number of benzene rings is 2. The summed E-state index contributed by atoms with van der Waals surface area (Å²) in [6.07, 6.45) is 10.6. The predicted molar refractivity (Wildman–Crippen MR) is 203 cm³/mol. The molecule has 0 bridgehead atoms. The number of carbonyl (C=O) groups excluding carboxylic acids is 1. The Kier molecular flexibility index (Phi) is 22.6. The van der Waals surface area contributed by atoms with E-state index >= 15 is 0 Å². The minimum Gasteiger partial charge on any atom is -0.381 e. The Hall–Kier alpha value is -3.75. The van der Waals surface area contributed by atoms with E-state index in [2.05, 4.69) is 25.7 Å². The molecule has 0 aromatic heterocycles. The third kappa shape index (κ3) is 15.9. The standard InChI is InChI=1S/C23H31FO.C15H17F3N2O.2C2H6/c1-5-7-8-9-21(17(3)6-2)23(25,15-14-19-10-11-19)20-12-13-22(24)18(4)16-20;1-2-4-12(15(16,17)18)8-14(10-21)20-13-6-3-5-11(7-13)9-19;2*1-2/h5,7-9,12-13,16-17,19,25H,1,6,10-11,14-15H2,2-4H3;3-8,10,20H,2,9,19H2,1H3;2*1-2H3/b8-7-,21-9+;12-4-,14-8-;;. The van der Waals surface area contributed by atoms with Gasteiger partial charge in [0.1, 0.15) is 11.4 Å². The van der Waals surface area contributed by atoms with Gasteiger partial charge in [0, 0.05) is 12.2 Å². The lowest BCUT2D eigenvalue weighted by Gasteiger charge is -2.35. The second kappa shape index (κ2) is 24.4. The SMILES string of the molecule is C=C/C=C\C=C(/C(C)CC)C(O)(CCC1CC1)c1ccc(F)c(C)c1.CC.CC.CC/C=C(/C=C(/C=O)Nc1cccc(CN)c1)C(F)(F)F. The topological polar surface area (TPSA) is 75.3 Å². The first-order chi connectivity index (χ1) is 23.8. The molecule has 0 aliphatic heterocycles. The smallest absolute Gasteiger partial charge is 0.381 e. The summed E-state index contributed by atoms with van der Waals surface area (Å²) >= 11 is 0. The summed E-state index contributed by atoms with van der Waals surface area (Å²) in [4.78, 5) is 11.0. The van der Waals surface area contributed by atoms with E-state index in [-0.39, 0.29) is 23.9 Å². The average molecular weight is 701 g/mol. The maximum absolute atomic E-state index is 13.8. The fourth-order valence-electron chi connectivity index (χ4n) is 5.03. The van der Waals surface area contributed by atoms with Crippen LogP contribution in [0.5, 0.6) is 0 Å². The molecule has 2 aromatic carbocycles. The van der Waals surface area contributed by atoms with Gasteiger partial charge < -0.3 is 16.2 Å². The molecule has 278 valence electrons. The van der Waals surface area contributed by atoms with Crippen LogP contribution in [0.4, 0.5) is 23.2 Å². The Morgan fingerprint density at radius 3 is 2.24 bits per heavy atom. The summed E-state index contributed by atoms with van der Waals surface area (Å²) in [5.74, 6) is 0.743. The number of nitrogens with one attached hydrogen (secondary N) is 1. The van der Waals surface area contributed by atoms with Crippen LogP contribution in [-0.4, -0.2) is 17.6 Å². The summed E-state index contributed by atoms with van der Waals surface area (Å²) < 4.78 is 52.1. The molecule has 1 aliphatic carbocycles. The van der Waals surface area contributed by atoms with Gasteiger partial charge in [0.2, 0.25) is 0 Å². The van der Waals surface area contributed by atoms with Crippen molar-refractivity contribution in [3.63, 3.8) is 0 Å². The third-order valence-corrected chi connectivity index (χ3v) is 8.03. The summed E-state index contributed by atoms with van der Waals surface area (Å²) in [5, 5.41) is 14.4. The maximum atomic E-state index is 13.8. The normalized spacial score (nSPS) is 15.3. The molecule has 2 aromatic rings. The number of anilines is 1. The van der Waals surface area contributed by atoms with E-state index in [9.17, 15) is 27.5 Å². The number of aldehydes is 1. The summed E-state index contributed by atoms with van der Waals surface area (Å²) in [5.41, 5.74) is 7.11. The lowest BCUT2D eigenvalue weighted by Crippen LogP contribution is -2.32. The van der Waals surface area contributed by atoms with Crippen molar-refractivity contribution in [1.29, 1.82) is 0 Å². The van der Waals surface area contributed by atoms with Crippen LogP contribution in [0.15, 0.2) is 102 Å². The van der Waals surface area contributed by atoms with Crippen molar-refractivity contribution in [3.05, 3.63) is 125 Å². The zero-order valence-electron chi connectivity index (χ0n) is 31.3. The number of hydrogen-bond donors (Lipinski definition) is 3. The van der Waals surface area contributed by atoms with Gasteiger partial charge in [-0.25, -0.2) is 4.39 Å². The van der Waals surface area contributed by atoms with E-state index in [0.717, 1.165) is 47.6 Å². The second-order valence-corrected chi connectivity index (χ2v) is 11.7. The highest BCUT2D eigenvalue weighted by Crippen LogP contribution is 2.44. The number of aliphatic hydroxyl groups is 1. The van der Waals surface area contributed by atoms with Gasteiger partial charge in [0.25, 0.3) is 0 Å². The number of carbonyl (C=O) groups is 1. The first-order valence-electron chi connectivity index (χ1n) is 17.8. The van der Waals surface area contributed by atoms with Crippen LogP contribution in [0, 0.1) is 24.6 Å². The molecule has 1 fully saturated rings. The van der Waals surface area contributed by atoms with Crippen LogP contribution in [0.25, 0.3) is 0 Å². The highest BCUT2D eigenvalue weighted by molar-refractivity contribution is 5.80. The fraction of sp³-hybridized carbons (Fsp3) is 0.452. The van der Waals surface area contributed by atoms with Gasteiger partial charge in [-0.3, -0.25) is 4.79 Å². The number of aryl methyl sites for hydroxylation is 1. The van der Waals surface area contributed by atoms with Crippen LogP contribution in [0.3, 0.4) is 0 Å². The highest BCUT2D eigenvalue weighted by atomic mass is 19.4. The Morgan fingerprint density at radius 1 is 1.08 bits per heavy atom. The third-order valence-electron chi connectivity index (χ3n) is 8.03. The summed E-state index contributed by atoms with van der Waals surface area (Å²) in [6, 6.07) is 11.8. The molecule has 0 radical (unpaired) electrons. The number of rotatable bonds is 15. The molecule has 2 atom stereocenters. The molecule has 0 saturated heterocycles. The van der Waals surface area contributed by atoms with Crippen molar-refractivity contribution in [2.45, 2.75) is 112 Å². The van der Waals surface area contributed by atoms with Crippen molar-refractivity contribution in [2.75, 3.05) is 5.32 Å². The Bertz CT molecular complexity index is 1420. The predicted octanol–water partition coefficient (Wildman–Crippen LogP) is 11.8. The molecule has 2 unspecified atom stereocenters. The Morgan fingerprint density at radius 2 is 1.74 bits per heavy atom. The van der Waals surface area contributed by atoms with Crippen LogP contribution in [0.1, 0.15) is 104 Å². The van der Waals surface area contributed by atoms with Crippen molar-refractivity contribution in [3.8, 4) is 0 Å². The molecular weight excluding hydrogens is 640 g/mol. The lowest BCUT2D eigenvalue weighted by molar-refractivity contribution is -0.104. The van der Waals surface area contributed by atoms with E-state index in [4.69, 9.17) is 5.73 Å². The molecule has 0 heterocycles. The van der Waals surface area contributed by atoms with Crippen molar-refractivity contribution >= 4 is 12.0 Å². The monoisotopic (exact) mass is 700 g/mol. The second-order valence-electron chi connectivity index (χ2n) is 11.7. The number of alkyl halides is 3. The van der Waals surface area contributed by atoms with Gasteiger partial charge in [-0.1, -0.05) is 116 Å². The van der Waals surface area contributed by atoms with Crippen LogP contribution >= 0.6 is 0 Å². The van der Waals surface area contributed by atoms with E-state index in [1.165, 1.54) is 18.9 Å². The van der Waals surface area contributed by atoms with Crippen molar-refractivity contribution < 1.29 is 27.5 Å².